The van der Waals surface area contributed by atoms with E-state index in [-0.39, 0.29) is 5.91 Å². The molecule has 0 radical (unpaired) electrons. The molecule has 1 aliphatic rings. The van der Waals surface area contributed by atoms with Crippen molar-refractivity contribution in [3.63, 3.8) is 0 Å². The average molecular weight is 438 g/mol. The molecule has 0 fully saturated rings. The van der Waals surface area contributed by atoms with Crippen LogP contribution in [-0.2, 0) is 13.0 Å². The fourth-order valence-electron chi connectivity index (χ4n) is 4.00. The first-order valence-electron chi connectivity index (χ1n) is 10.6. The molecule has 4 aromatic rings. The molecule has 3 heterocycles. The van der Waals surface area contributed by atoms with Gasteiger partial charge in [0, 0.05) is 29.6 Å². The number of pyridine rings is 1. The predicted molar refractivity (Wildman–Crippen MR) is 127 cm³/mol. The second-order valence-electron chi connectivity index (χ2n) is 7.94. The van der Waals surface area contributed by atoms with Gasteiger partial charge in [-0.3, -0.25) is 9.59 Å². The van der Waals surface area contributed by atoms with Gasteiger partial charge < -0.3 is 16.4 Å². The third-order valence-corrected chi connectivity index (χ3v) is 5.63. The van der Waals surface area contributed by atoms with E-state index in [1.807, 2.05) is 12.1 Å². The van der Waals surface area contributed by atoms with E-state index < -0.39 is 5.91 Å². The summed E-state index contributed by atoms with van der Waals surface area (Å²) in [5.41, 5.74) is 11.0. The molecule has 0 saturated carbocycles. The Balaban J connectivity index is 1.47. The number of aryl methyl sites for hydroxylation is 3. The van der Waals surface area contributed by atoms with Crippen molar-refractivity contribution >= 4 is 29.1 Å². The highest BCUT2D eigenvalue weighted by molar-refractivity contribution is 6.06. The third-order valence-electron chi connectivity index (χ3n) is 5.63. The van der Waals surface area contributed by atoms with E-state index in [9.17, 15) is 9.59 Å². The number of rotatable bonds is 4. The van der Waals surface area contributed by atoms with E-state index >= 15 is 0 Å². The number of carbonyl (C=O) groups excluding carboxylic acids is 2. The Morgan fingerprint density at radius 1 is 1.09 bits per heavy atom. The Kier molecular flexibility index (Phi) is 5.10. The molecule has 164 valence electrons. The van der Waals surface area contributed by atoms with Crippen LogP contribution in [0.5, 0.6) is 0 Å². The van der Waals surface area contributed by atoms with Gasteiger partial charge in [-0.1, -0.05) is 35.9 Å². The number of amides is 2. The zero-order chi connectivity index (χ0) is 22.9. The second-order valence-corrected chi connectivity index (χ2v) is 7.94. The highest BCUT2D eigenvalue weighted by Crippen LogP contribution is 2.34. The fraction of sp³-hybridized carbons (Fsp3) is 0.120. The van der Waals surface area contributed by atoms with Gasteiger partial charge in [0.15, 0.2) is 0 Å². The summed E-state index contributed by atoms with van der Waals surface area (Å²) in [5.74, 6) is 0.218. The van der Waals surface area contributed by atoms with E-state index in [1.165, 1.54) is 11.1 Å². The monoisotopic (exact) mass is 438 g/mol. The van der Waals surface area contributed by atoms with Crippen molar-refractivity contribution in [2.24, 2.45) is 5.73 Å². The van der Waals surface area contributed by atoms with Crippen LogP contribution in [0.2, 0.25) is 0 Å². The van der Waals surface area contributed by atoms with Crippen LogP contribution in [-0.4, -0.2) is 26.6 Å². The summed E-state index contributed by atoms with van der Waals surface area (Å²) < 4.78 is 1.78. The first-order valence-corrected chi connectivity index (χ1v) is 10.6. The normalized spacial score (nSPS) is 12.2. The molecule has 4 N–H and O–H groups in total. The fourth-order valence-corrected chi connectivity index (χ4v) is 4.00. The molecule has 0 aliphatic carbocycles. The molecule has 2 aromatic carbocycles. The molecule has 0 atom stereocenters. The van der Waals surface area contributed by atoms with Crippen LogP contribution in [0.15, 0.2) is 66.9 Å². The molecule has 8 nitrogen and oxygen atoms in total. The maximum Gasteiger partial charge on any atom is 0.256 e. The van der Waals surface area contributed by atoms with Crippen LogP contribution in [0, 0.1) is 6.92 Å². The van der Waals surface area contributed by atoms with Gasteiger partial charge in [-0.15, -0.1) is 0 Å². The lowest BCUT2D eigenvalue weighted by molar-refractivity contribution is 0.0998. The highest BCUT2D eigenvalue weighted by atomic mass is 16.2. The number of anilines is 3. The van der Waals surface area contributed by atoms with Crippen LogP contribution in [0.25, 0.3) is 11.3 Å². The molecule has 0 spiro atoms. The minimum Gasteiger partial charge on any atom is -0.365 e. The smallest absolute Gasteiger partial charge is 0.256 e. The number of benzene rings is 2. The second kappa shape index (κ2) is 8.23. The maximum atomic E-state index is 12.5. The van der Waals surface area contributed by atoms with Crippen LogP contribution in [0.4, 0.5) is 17.3 Å². The third kappa shape index (κ3) is 3.94. The molecule has 8 heteroatoms. The van der Waals surface area contributed by atoms with Gasteiger partial charge >= 0.3 is 0 Å². The summed E-state index contributed by atoms with van der Waals surface area (Å²) in [6.07, 6.45) is 2.39. The maximum absolute atomic E-state index is 12.5. The SMILES string of the molecule is Cc1ccc2c(c1)CCn1nc(-c3ccc(C(=O)Nc4ccccn4)cc3)c(C(N)=O)c1N2. The minimum atomic E-state index is -0.564. The molecule has 0 bridgehead atoms. The van der Waals surface area contributed by atoms with Crippen molar-refractivity contribution in [2.45, 2.75) is 19.9 Å². The van der Waals surface area contributed by atoms with Gasteiger partial charge in [0.2, 0.25) is 0 Å². The molecule has 2 amide bonds. The Morgan fingerprint density at radius 3 is 2.64 bits per heavy atom. The number of aromatic nitrogens is 3. The van der Waals surface area contributed by atoms with Gasteiger partial charge in [0.05, 0.1) is 0 Å². The lowest BCUT2D eigenvalue weighted by Crippen LogP contribution is -2.14. The number of nitrogens with two attached hydrogens (primary N) is 1. The highest BCUT2D eigenvalue weighted by Gasteiger charge is 2.26. The van der Waals surface area contributed by atoms with Crippen molar-refractivity contribution in [3.8, 4) is 11.3 Å². The topological polar surface area (TPSA) is 115 Å². The van der Waals surface area contributed by atoms with Crippen molar-refractivity contribution in [1.82, 2.24) is 14.8 Å². The summed E-state index contributed by atoms with van der Waals surface area (Å²) >= 11 is 0. The predicted octanol–water partition coefficient (Wildman–Crippen LogP) is 3.90. The zero-order valence-electron chi connectivity index (χ0n) is 18.0. The van der Waals surface area contributed by atoms with E-state index in [2.05, 4.69) is 28.6 Å². The summed E-state index contributed by atoms with van der Waals surface area (Å²) in [4.78, 5) is 29.1. The minimum absolute atomic E-state index is 0.274. The van der Waals surface area contributed by atoms with Crippen molar-refractivity contribution < 1.29 is 9.59 Å². The number of primary amides is 1. The summed E-state index contributed by atoms with van der Waals surface area (Å²) in [6, 6.07) is 18.4. The summed E-state index contributed by atoms with van der Waals surface area (Å²) in [6.45, 7) is 2.67. The Bertz CT molecular complexity index is 1360. The molecule has 1 aliphatic heterocycles. The Morgan fingerprint density at radius 2 is 1.91 bits per heavy atom. The number of carbonyl (C=O) groups is 2. The molecule has 2 aromatic heterocycles. The molecular weight excluding hydrogens is 416 g/mol. The van der Waals surface area contributed by atoms with Crippen molar-refractivity contribution in [3.05, 3.63) is 89.1 Å². The molecular formula is C25H22N6O2. The van der Waals surface area contributed by atoms with Crippen molar-refractivity contribution in [1.29, 1.82) is 0 Å². The standard InChI is InChI=1S/C25H22N6O2/c1-15-5-10-19-18(14-15)11-13-31-24(28-19)21(23(26)32)22(30-31)16-6-8-17(9-7-16)25(33)29-20-4-2-3-12-27-20/h2-10,12,14,28H,11,13H2,1H3,(H2,26,32)(H,27,29,33). The molecule has 0 saturated heterocycles. The van der Waals surface area contributed by atoms with E-state index in [0.717, 1.165) is 12.1 Å². The van der Waals surface area contributed by atoms with Crippen LogP contribution < -0.4 is 16.4 Å². The van der Waals surface area contributed by atoms with Gasteiger partial charge in [-0.05, 0) is 49.2 Å². The molecule has 33 heavy (non-hydrogen) atoms. The quantitative estimate of drug-likeness (QED) is 0.447. The number of hydrogen-bond donors (Lipinski definition) is 3. The van der Waals surface area contributed by atoms with E-state index in [0.29, 0.717) is 40.6 Å². The first kappa shape index (κ1) is 20.4. The van der Waals surface area contributed by atoms with E-state index in [1.54, 1.807) is 53.3 Å². The largest absolute Gasteiger partial charge is 0.365 e. The Labute approximate surface area is 190 Å². The van der Waals surface area contributed by atoms with Crippen LogP contribution in [0.1, 0.15) is 31.8 Å². The number of hydrogen-bond acceptors (Lipinski definition) is 5. The molecule has 0 unspecified atom stereocenters. The van der Waals surface area contributed by atoms with Crippen LogP contribution >= 0.6 is 0 Å². The van der Waals surface area contributed by atoms with Gasteiger partial charge in [-0.2, -0.15) is 5.10 Å². The van der Waals surface area contributed by atoms with Gasteiger partial charge in [0.25, 0.3) is 11.8 Å². The Hall–Kier alpha value is -4.46. The lowest BCUT2D eigenvalue weighted by Gasteiger charge is -2.10. The summed E-state index contributed by atoms with van der Waals surface area (Å²) in [7, 11) is 0. The van der Waals surface area contributed by atoms with Crippen LogP contribution in [0.3, 0.4) is 0 Å². The number of fused-ring (bicyclic) bond motifs is 2. The number of nitrogens with zero attached hydrogens (tertiary/aromatic N) is 3. The van der Waals surface area contributed by atoms with Crippen molar-refractivity contribution in [2.75, 3.05) is 10.6 Å². The van der Waals surface area contributed by atoms with E-state index in [4.69, 9.17) is 10.8 Å². The van der Waals surface area contributed by atoms with Gasteiger partial charge in [0.1, 0.15) is 22.9 Å². The average Bonchev–Trinajstić information content (AvgIpc) is 3.09. The number of nitrogens with one attached hydrogen (secondary N) is 2. The summed E-state index contributed by atoms with van der Waals surface area (Å²) in [5, 5.41) is 10.8. The molecule has 5 rings (SSSR count). The van der Waals surface area contributed by atoms with Gasteiger partial charge in [-0.25, -0.2) is 9.67 Å². The first-order chi connectivity index (χ1) is 16.0. The lowest BCUT2D eigenvalue weighted by atomic mass is 10.0. The zero-order valence-corrected chi connectivity index (χ0v) is 18.0.